The first-order valence-electron chi connectivity index (χ1n) is 9.15. The summed E-state index contributed by atoms with van der Waals surface area (Å²) in [5.41, 5.74) is 0. The fourth-order valence-corrected chi connectivity index (χ4v) is 2.87. The van der Waals surface area contributed by atoms with Crippen LogP contribution in [0, 0.1) is 11.8 Å². The summed E-state index contributed by atoms with van der Waals surface area (Å²) in [4.78, 5) is 22.5. The Hall–Kier alpha value is -0.930. The maximum atomic E-state index is 11.4. The molecule has 0 aromatic rings. The average Bonchev–Trinajstić information content (AvgIpc) is 2.61. The van der Waals surface area contributed by atoms with Crippen LogP contribution in [-0.2, 0) is 38.0 Å². The van der Waals surface area contributed by atoms with Gasteiger partial charge in [-0.05, 0) is 0 Å². The zero-order chi connectivity index (χ0) is 20.2. The van der Waals surface area contributed by atoms with Crippen molar-refractivity contribution in [2.75, 3.05) is 45.5 Å². The van der Waals surface area contributed by atoms with E-state index >= 15 is 0 Å². The Bertz CT molecular complexity index is 447. The van der Waals surface area contributed by atoms with Gasteiger partial charge in [-0.3, -0.25) is 9.59 Å². The molecule has 1 rings (SSSR count). The normalized spacial score (nSPS) is 28.0. The van der Waals surface area contributed by atoms with Crippen molar-refractivity contribution < 1.29 is 38.0 Å². The van der Waals surface area contributed by atoms with Gasteiger partial charge in [0.15, 0.2) is 6.29 Å². The second-order valence-electron chi connectivity index (χ2n) is 6.42. The van der Waals surface area contributed by atoms with Crippen LogP contribution in [0.2, 0.25) is 0 Å². The van der Waals surface area contributed by atoms with Crippen LogP contribution in [0.1, 0.15) is 27.7 Å². The Morgan fingerprint density at radius 3 is 2.15 bits per heavy atom. The maximum absolute atomic E-state index is 11.4. The van der Waals surface area contributed by atoms with Crippen molar-refractivity contribution in [1.29, 1.82) is 0 Å². The molecule has 0 bridgehead atoms. The average molecular weight is 411 g/mol. The molecule has 0 aliphatic carbocycles. The monoisotopic (exact) mass is 410 g/mol. The number of hydrogen-bond acceptors (Lipinski definition) is 8. The van der Waals surface area contributed by atoms with Crippen molar-refractivity contribution in [3.8, 4) is 0 Å². The van der Waals surface area contributed by atoms with Gasteiger partial charge in [0.2, 0.25) is 0 Å². The Balaban J connectivity index is 2.47. The summed E-state index contributed by atoms with van der Waals surface area (Å²) >= 11 is 5.51. The van der Waals surface area contributed by atoms with Crippen LogP contribution in [0.5, 0.6) is 0 Å². The summed E-state index contributed by atoms with van der Waals surface area (Å²) in [6, 6.07) is 0. The minimum atomic E-state index is -0.584. The van der Waals surface area contributed by atoms with Crippen molar-refractivity contribution in [2.24, 2.45) is 11.8 Å². The molecule has 0 aromatic heterocycles. The maximum Gasteiger partial charge on any atom is 0.303 e. The lowest BCUT2D eigenvalue weighted by molar-refractivity contribution is -0.275. The molecule has 8 nitrogen and oxygen atoms in total. The fraction of sp³-hybridized carbons (Fsp3) is 0.889. The molecule has 0 aromatic carbocycles. The van der Waals surface area contributed by atoms with Crippen LogP contribution >= 0.6 is 11.6 Å². The fourth-order valence-electron chi connectivity index (χ4n) is 2.76. The van der Waals surface area contributed by atoms with Crippen molar-refractivity contribution in [3.63, 3.8) is 0 Å². The van der Waals surface area contributed by atoms with E-state index in [9.17, 15) is 9.59 Å². The summed E-state index contributed by atoms with van der Waals surface area (Å²) in [5, 5.41) is 0. The highest BCUT2D eigenvalue weighted by atomic mass is 35.5. The summed E-state index contributed by atoms with van der Waals surface area (Å²) in [6.07, 6.45) is -1.60. The first-order valence-corrected chi connectivity index (χ1v) is 9.69. The van der Waals surface area contributed by atoms with Crippen LogP contribution < -0.4 is 0 Å². The van der Waals surface area contributed by atoms with Gasteiger partial charge in [0, 0.05) is 31.6 Å². The van der Waals surface area contributed by atoms with E-state index in [0.29, 0.717) is 38.9 Å². The van der Waals surface area contributed by atoms with Gasteiger partial charge in [0.05, 0.1) is 33.0 Å². The van der Waals surface area contributed by atoms with Crippen molar-refractivity contribution in [3.05, 3.63) is 0 Å². The van der Waals surface area contributed by atoms with Crippen LogP contribution in [0.4, 0.5) is 0 Å². The Kier molecular flexibility index (Phi) is 11.9. The minimum Gasteiger partial charge on any atom is -0.463 e. The molecule has 1 fully saturated rings. The highest BCUT2D eigenvalue weighted by molar-refractivity contribution is 6.17. The van der Waals surface area contributed by atoms with Crippen molar-refractivity contribution in [2.45, 2.75) is 46.2 Å². The van der Waals surface area contributed by atoms with Crippen LogP contribution in [0.25, 0.3) is 0 Å². The number of hydrogen-bond donors (Lipinski definition) is 0. The molecule has 1 aliphatic rings. The van der Waals surface area contributed by atoms with E-state index in [4.69, 9.17) is 40.0 Å². The topological polar surface area (TPSA) is 89.5 Å². The molecule has 0 saturated carbocycles. The molecule has 9 heteroatoms. The highest BCUT2D eigenvalue weighted by Gasteiger charge is 2.44. The number of esters is 2. The number of halogens is 1. The predicted octanol–water partition coefficient (Wildman–Crippen LogP) is 1.77. The van der Waals surface area contributed by atoms with Crippen LogP contribution in [0.3, 0.4) is 0 Å². The summed E-state index contributed by atoms with van der Waals surface area (Å²) in [6.45, 7) is 8.77. The summed E-state index contributed by atoms with van der Waals surface area (Å²) < 4.78 is 32.8. The molecule has 2 unspecified atom stereocenters. The molecule has 0 radical (unpaired) electrons. The highest BCUT2D eigenvalue weighted by Crippen LogP contribution is 2.33. The van der Waals surface area contributed by atoms with Gasteiger partial charge < -0.3 is 28.4 Å². The number of rotatable bonds is 12. The van der Waals surface area contributed by atoms with E-state index < -0.39 is 30.4 Å². The molecule has 1 aliphatic heterocycles. The van der Waals surface area contributed by atoms with Crippen molar-refractivity contribution in [1.82, 2.24) is 0 Å². The van der Waals surface area contributed by atoms with Crippen molar-refractivity contribution >= 4 is 23.5 Å². The number of carbonyl (C=O) groups excluding carboxylic acids is 2. The quantitative estimate of drug-likeness (QED) is 0.273. The van der Waals surface area contributed by atoms with Crippen LogP contribution in [-0.4, -0.2) is 76.0 Å². The standard InChI is InChI=1S/C18H31ClO8/c1-12-13(2)18(24-10-9-23-8-7-22-6-5-19)27-16(11-25-14(3)20)17(12)26-15(4)21/h12-13,16-18H,5-11H2,1-4H3/t12-,13?,16?,17-,18+/m1/s1. The predicted molar refractivity (Wildman–Crippen MR) is 97.5 cm³/mol. The molecule has 0 spiro atoms. The van der Waals surface area contributed by atoms with E-state index in [2.05, 4.69) is 0 Å². The first-order chi connectivity index (χ1) is 12.9. The van der Waals surface area contributed by atoms with E-state index in [1.165, 1.54) is 13.8 Å². The molecule has 1 saturated heterocycles. The second-order valence-corrected chi connectivity index (χ2v) is 6.80. The molecular weight excluding hydrogens is 380 g/mol. The smallest absolute Gasteiger partial charge is 0.303 e. The zero-order valence-corrected chi connectivity index (χ0v) is 17.2. The van der Waals surface area contributed by atoms with Gasteiger partial charge in [-0.1, -0.05) is 13.8 Å². The molecule has 158 valence electrons. The van der Waals surface area contributed by atoms with Gasteiger partial charge in [-0.15, -0.1) is 11.6 Å². The number of carbonyl (C=O) groups is 2. The van der Waals surface area contributed by atoms with E-state index in [0.717, 1.165) is 0 Å². The van der Waals surface area contributed by atoms with Gasteiger partial charge in [0.1, 0.15) is 18.8 Å². The van der Waals surface area contributed by atoms with Gasteiger partial charge in [-0.25, -0.2) is 0 Å². The minimum absolute atomic E-state index is 0.00138. The first kappa shape index (κ1) is 24.1. The molecule has 0 N–H and O–H groups in total. The molecule has 0 amide bonds. The third-order valence-electron chi connectivity index (χ3n) is 4.31. The van der Waals surface area contributed by atoms with E-state index in [-0.39, 0.29) is 18.4 Å². The Morgan fingerprint density at radius 2 is 1.56 bits per heavy atom. The Morgan fingerprint density at radius 1 is 0.926 bits per heavy atom. The molecular formula is C18H31ClO8. The third kappa shape index (κ3) is 9.21. The van der Waals surface area contributed by atoms with Gasteiger partial charge >= 0.3 is 11.9 Å². The summed E-state index contributed by atoms with van der Waals surface area (Å²) in [7, 11) is 0. The van der Waals surface area contributed by atoms with Gasteiger partial charge in [0.25, 0.3) is 0 Å². The Labute approximate surface area is 165 Å². The van der Waals surface area contributed by atoms with E-state index in [1.807, 2.05) is 13.8 Å². The lowest BCUT2D eigenvalue weighted by Gasteiger charge is -2.43. The molecule has 1 heterocycles. The second kappa shape index (κ2) is 13.3. The van der Waals surface area contributed by atoms with E-state index in [1.54, 1.807) is 0 Å². The SMILES string of the molecule is CC(=O)OCC1O[C@H](OCCOCCOCCCl)C(C)[C@@H](C)[C@H]1OC(C)=O. The summed E-state index contributed by atoms with van der Waals surface area (Å²) in [5.74, 6) is -0.414. The zero-order valence-electron chi connectivity index (χ0n) is 16.5. The van der Waals surface area contributed by atoms with Crippen LogP contribution in [0.15, 0.2) is 0 Å². The van der Waals surface area contributed by atoms with Gasteiger partial charge in [-0.2, -0.15) is 0 Å². The lowest BCUT2D eigenvalue weighted by Crippen LogP contribution is -2.53. The molecule has 5 atom stereocenters. The molecule has 27 heavy (non-hydrogen) atoms. The largest absolute Gasteiger partial charge is 0.463 e. The number of ether oxygens (including phenoxy) is 6. The third-order valence-corrected chi connectivity index (χ3v) is 4.46. The number of alkyl halides is 1. The lowest BCUT2D eigenvalue weighted by atomic mass is 9.84.